The predicted octanol–water partition coefficient (Wildman–Crippen LogP) is 5.91. The third-order valence-corrected chi connectivity index (χ3v) is 5.39. The van der Waals surface area contributed by atoms with Gasteiger partial charge in [0.05, 0.1) is 5.56 Å². The van der Waals surface area contributed by atoms with E-state index in [0.29, 0.717) is 5.89 Å². The van der Waals surface area contributed by atoms with E-state index in [1.165, 1.54) is 16.6 Å². The number of aromatic nitrogens is 3. The molecule has 0 saturated carbocycles. The van der Waals surface area contributed by atoms with Crippen LogP contribution in [0.3, 0.4) is 0 Å². The van der Waals surface area contributed by atoms with Gasteiger partial charge in [-0.3, -0.25) is 0 Å². The first kappa shape index (κ1) is 18.4. The van der Waals surface area contributed by atoms with E-state index in [0.717, 1.165) is 42.6 Å². The van der Waals surface area contributed by atoms with E-state index >= 15 is 0 Å². The van der Waals surface area contributed by atoms with E-state index in [1.54, 1.807) is 0 Å². The standard InChI is InChI=1S/C26H23N3O/c1-3-10-20(11-4-1)14-9-17-25-27-26(30-28-25)23-19-29(18-21-12-5-2-6-13-21)24-16-8-7-15-22(23)24/h1-8,10-13,15-16,19H,9,14,17-18H2. The van der Waals surface area contributed by atoms with Crippen molar-refractivity contribution in [2.24, 2.45) is 0 Å². The van der Waals surface area contributed by atoms with Crippen LogP contribution in [0, 0.1) is 0 Å². The zero-order valence-corrected chi connectivity index (χ0v) is 16.7. The van der Waals surface area contributed by atoms with Gasteiger partial charge in [0, 0.05) is 30.1 Å². The van der Waals surface area contributed by atoms with Gasteiger partial charge in [-0.15, -0.1) is 0 Å². The summed E-state index contributed by atoms with van der Waals surface area (Å²) in [5.41, 5.74) is 4.76. The maximum Gasteiger partial charge on any atom is 0.260 e. The van der Waals surface area contributed by atoms with Crippen molar-refractivity contribution in [3.05, 3.63) is 108 Å². The van der Waals surface area contributed by atoms with E-state index < -0.39 is 0 Å². The molecule has 0 spiro atoms. The van der Waals surface area contributed by atoms with Crippen LogP contribution in [-0.2, 0) is 19.4 Å². The van der Waals surface area contributed by atoms with Gasteiger partial charge in [-0.25, -0.2) is 0 Å². The first-order valence-electron chi connectivity index (χ1n) is 10.4. The van der Waals surface area contributed by atoms with E-state index in [4.69, 9.17) is 9.51 Å². The number of fused-ring (bicyclic) bond motifs is 1. The molecule has 0 unspecified atom stereocenters. The fourth-order valence-electron chi connectivity index (χ4n) is 3.89. The molecular formula is C26H23N3O. The van der Waals surface area contributed by atoms with Crippen LogP contribution in [0.2, 0.25) is 0 Å². The molecular weight excluding hydrogens is 370 g/mol. The molecule has 0 aliphatic carbocycles. The summed E-state index contributed by atoms with van der Waals surface area (Å²) in [5.74, 6) is 1.36. The molecule has 0 aliphatic heterocycles. The molecule has 4 heteroatoms. The van der Waals surface area contributed by atoms with Gasteiger partial charge in [0.1, 0.15) is 0 Å². The van der Waals surface area contributed by atoms with Crippen molar-refractivity contribution < 1.29 is 4.52 Å². The van der Waals surface area contributed by atoms with Crippen molar-refractivity contribution in [2.75, 3.05) is 0 Å². The summed E-state index contributed by atoms with van der Waals surface area (Å²) in [6.45, 7) is 0.805. The SMILES string of the molecule is c1ccc(CCCc2noc(-c3cn(Cc4ccccc4)c4ccccc34)n2)cc1. The second-order valence-corrected chi connectivity index (χ2v) is 7.53. The van der Waals surface area contributed by atoms with Crippen LogP contribution in [0.25, 0.3) is 22.4 Å². The quantitative estimate of drug-likeness (QED) is 0.345. The summed E-state index contributed by atoms with van der Waals surface area (Å²) in [7, 11) is 0. The molecule has 4 nitrogen and oxygen atoms in total. The molecule has 2 heterocycles. The maximum atomic E-state index is 5.65. The molecule has 30 heavy (non-hydrogen) atoms. The molecule has 0 N–H and O–H groups in total. The number of aryl methyl sites for hydroxylation is 2. The van der Waals surface area contributed by atoms with Gasteiger partial charge < -0.3 is 9.09 Å². The maximum absolute atomic E-state index is 5.65. The number of hydrogen-bond donors (Lipinski definition) is 0. The van der Waals surface area contributed by atoms with Gasteiger partial charge in [0.2, 0.25) is 0 Å². The Balaban J connectivity index is 1.37. The molecule has 0 saturated heterocycles. The van der Waals surface area contributed by atoms with Crippen molar-refractivity contribution in [1.29, 1.82) is 0 Å². The smallest absolute Gasteiger partial charge is 0.260 e. The molecule has 3 aromatic carbocycles. The minimum Gasteiger partial charge on any atom is -0.342 e. The van der Waals surface area contributed by atoms with Gasteiger partial charge in [0.25, 0.3) is 5.89 Å². The van der Waals surface area contributed by atoms with Gasteiger partial charge in [-0.1, -0.05) is 84.0 Å². The highest BCUT2D eigenvalue weighted by Gasteiger charge is 2.16. The number of benzene rings is 3. The highest BCUT2D eigenvalue weighted by Crippen LogP contribution is 2.30. The molecule has 2 aromatic heterocycles. The van der Waals surface area contributed by atoms with Crippen molar-refractivity contribution in [3.63, 3.8) is 0 Å². The third kappa shape index (κ3) is 3.90. The fourth-order valence-corrected chi connectivity index (χ4v) is 3.89. The third-order valence-electron chi connectivity index (χ3n) is 5.39. The van der Waals surface area contributed by atoms with Gasteiger partial charge >= 0.3 is 0 Å². The number of nitrogens with zero attached hydrogens (tertiary/aromatic N) is 3. The first-order chi connectivity index (χ1) is 14.9. The van der Waals surface area contributed by atoms with Crippen LogP contribution in [0.4, 0.5) is 0 Å². The molecule has 148 valence electrons. The first-order valence-corrected chi connectivity index (χ1v) is 10.4. The summed E-state index contributed by atoms with van der Waals surface area (Å²) < 4.78 is 7.90. The average molecular weight is 393 g/mol. The minimum absolute atomic E-state index is 0.590. The molecule has 0 fully saturated rings. The summed E-state index contributed by atoms with van der Waals surface area (Å²) in [6.07, 6.45) is 4.94. The largest absolute Gasteiger partial charge is 0.342 e. The highest BCUT2D eigenvalue weighted by molar-refractivity contribution is 5.94. The van der Waals surface area contributed by atoms with Crippen LogP contribution in [0.1, 0.15) is 23.4 Å². The normalized spacial score (nSPS) is 11.2. The van der Waals surface area contributed by atoms with Crippen molar-refractivity contribution in [2.45, 2.75) is 25.8 Å². The average Bonchev–Trinajstić information content (AvgIpc) is 3.40. The van der Waals surface area contributed by atoms with E-state index in [-0.39, 0.29) is 0 Å². The molecule has 0 radical (unpaired) electrons. The van der Waals surface area contributed by atoms with Crippen LogP contribution >= 0.6 is 0 Å². The molecule has 0 amide bonds. The van der Waals surface area contributed by atoms with E-state index in [2.05, 4.69) is 88.7 Å². The molecule has 0 bridgehead atoms. The summed E-state index contributed by atoms with van der Waals surface area (Å²) in [6, 6.07) is 29.4. The Bertz CT molecular complexity index is 1240. The Morgan fingerprint density at radius 1 is 0.733 bits per heavy atom. The highest BCUT2D eigenvalue weighted by atomic mass is 16.5. The van der Waals surface area contributed by atoms with E-state index in [9.17, 15) is 0 Å². The van der Waals surface area contributed by atoms with Gasteiger partial charge in [-0.2, -0.15) is 4.98 Å². The number of para-hydroxylation sites is 1. The van der Waals surface area contributed by atoms with Crippen LogP contribution in [0.5, 0.6) is 0 Å². The minimum atomic E-state index is 0.590. The zero-order chi connectivity index (χ0) is 20.2. The van der Waals surface area contributed by atoms with Gasteiger partial charge in [0.15, 0.2) is 5.82 Å². The second kappa shape index (κ2) is 8.37. The van der Waals surface area contributed by atoms with Crippen molar-refractivity contribution in [3.8, 4) is 11.5 Å². The van der Waals surface area contributed by atoms with Gasteiger partial charge in [-0.05, 0) is 30.0 Å². The Labute approximate surface area is 175 Å². The molecule has 0 aliphatic rings. The second-order valence-electron chi connectivity index (χ2n) is 7.53. The Kier molecular flexibility index (Phi) is 5.13. The fraction of sp³-hybridized carbons (Fsp3) is 0.154. The van der Waals surface area contributed by atoms with Crippen molar-refractivity contribution in [1.82, 2.24) is 14.7 Å². The monoisotopic (exact) mass is 393 g/mol. The predicted molar refractivity (Wildman–Crippen MR) is 119 cm³/mol. The van der Waals surface area contributed by atoms with Crippen LogP contribution < -0.4 is 0 Å². The summed E-state index contributed by atoms with van der Waals surface area (Å²) in [4.78, 5) is 4.69. The number of hydrogen-bond acceptors (Lipinski definition) is 3. The lowest BCUT2D eigenvalue weighted by atomic mass is 10.1. The molecule has 0 atom stereocenters. The Morgan fingerprint density at radius 3 is 2.23 bits per heavy atom. The number of rotatable bonds is 7. The Hall–Kier alpha value is -3.66. The van der Waals surface area contributed by atoms with E-state index in [1.807, 2.05) is 12.1 Å². The molecule has 5 rings (SSSR count). The topological polar surface area (TPSA) is 43.9 Å². The van der Waals surface area contributed by atoms with Crippen molar-refractivity contribution >= 4 is 10.9 Å². The molecule has 5 aromatic rings. The summed E-state index contributed by atoms with van der Waals surface area (Å²) in [5, 5.41) is 5.36. The lowest BCUT2D eigenvalue weighted by Crippen LogP contribution is -1.97. The van der Waals surface area contributed by atoms with Crippen LogP contribution in [0.15, 0.2) is 95.6 Å². The zero-order valence-electron chi connectivity index (χ0n) is 16.7. The lowest BCUT2D eigenvalue weighted by molar-refractivity contribution is 0.422. The summed E-state index contributed by atoms with van der Waals surface area (Å²) >= 11 is 0. The lowest BCUT2D eigenvalue weighted by Gasteiger charge is -2.05. The Morgan fingerprint density at radius 2 is 1.43 bits per heavy atom. The van der Waals surface area contributed by atoms with Crippen LogP contribution in [-0.4, -0.2) is 14.7 Å².